The van der Waals surface area contributed by atoms with Crippen LogP contribution in [0.4, 0.5) is 0 Å². The average molecular weight is 1100 g/mol. The average Bonchev–Trinajstić information content (AvgIpc) is 3.44. The van der Waals surface area contributed by atoms with E-state index in [4.69, 9.17) is 14.2 Å². The van der Waals surface area contributed by atoms with Crippen LogP contribution in [0.5, 0.6) is 0 Å². The molecule has 0 aromatic rings. The van der Waals surface area contributed by atoms with E-state index in [2.05, 4.69) is 62.5 Å². The standard InChI is InChI=1S/C67H123NO10/c1-4-7-10-13-16-19-22-24-25-26-27-28-29-30-31-32-33-34-35-37-40-43-46-49-52-55-62(72)78-65-64(74)63(73)61(56-69)77-67(65)76-57-58(59(70)53-50-47-44-41-38-21-18-15-12-9-6-3)68-66(75)60(71)54-51-48-45-42-39-36-23-20-17-14-11-8-5-2/h16,19,24-25,27-28,50,53,58-61,63-65,67,69-71,73-74H,4-15,17-18,20-23,26,29-49,51-52,54-57H2,1-3H3,(H,68,75)/b19-16-,25-24-,28-27-,53-50+. The predicted octanol–water partition coefficient (Wildman–Crippen LogP) is 16.0. The van der Waals surface area contributed by atoms with Crippen LogP contribution in [0, 0.1) is 0 Å². The van der Waals surface area contributed by atoms with Crippen molar-refractivity contribution in [3.05, 3.63) is 48.6 Å². The molecule has 0 saturated carbocycles. The number of carbonyl (C=O) groups excluding carboxylic acids is 2. The zero-order chi connectivity index (χ0) is 56.8. The first-order valence-corrected chi connectivity index (χ1v) is 32.9. The Labute approximate surface area is 478 Å². The van der Waals surface area contributed by atoms with E-state index in [1.54, 1.807) is 6.08 Å². The van der Waals surface area contributed by atoms with Crippen molar-refractivity contribution in [1.82, 2.24) is 5.32 Å². The molecule has 1 aliphatic heterocycles. The Morgan fingerprint density at radius 2 is 0.885 bits per heavy atom. The maximum atomic E-state index is 13.4. The van der Waals surface area contributed by atoms with Crippen LogP contribution in [0.25, 0.3) is 0 Å². The van der Waals surface area contributed by atoms with Gasteiger partial charge in [-0.05, 0) is 64.2 Å². The maximum absolute atomic E-state index is 13.4. The van der Waals surface area contributed by atoms with Crippen molar-refractivity contribution in [1.29, 1.82) is 0 Å². The molecule has 78 heavy (non-hydrogen) atoms. The molecule has 0 bridgehead atoms. The summed E-state index contributed by atoms with van der Waals surface area (Å²) >= 11 is 0. The van der Waals surface area contributed by atoms with Crippen molar-refractivity contribution in [2.45, 2.75) is 352 Å². The maximum Gasteiger partial charge on any atom is 0.306 e. The van der Waals surface area contributed by atoms with Crippen molar-refractivity contribution < 1.29 is 49.3 Å². The van der Waals surface area contributed by atoms with Gasteiger partial charge in [0.1, 0.15) is 24.4 Å². The number of hydrogen-bond donors (Lipinski definition) is 6. The van der Waals surface area contributed by atoms with Gasteiger partial charge in [0.05, 0.1) is 25.4 Å². The van der Waals surface area contributed by atoms with Crippen LogP contribution in [0.3, 0.4) is 0 Å². The molecule has 1 heterocycles. The van der Waals surface area contributed by atoms with Crippen LogP contribution in [-0.2, 0) is 23.8 Å². The molecule has 11 nitrogen and oxygen atoms in total. The van der Waals surface area contributed by atoms with Crippen molar-refractivity contribution in [2.24, 2.45) is 0 Å². The summed E-state index contributed by atoms with van der Waals surface area (Å²) in [7, 11) is 0. The van der Waals surface area contributed by atoms with Gasteiger partial charge in [-0.15, -0.1) is 0 Å². The summed E-state index contributed by atoms with van der Waals surface area (Å²) in [5.41, 5.74) is 0. The molecule has 1 rings (SSSR count). The van der Waals surface area contributed by atoms with Gasteiger partial charge in [0.2, 0.25) is 5.91 Å². The van der Waals surface area contributed by atoms with Gasteiger partial charge in [-0.2, -0.15) is 0 Å². The van der Waals surface area contributed by atoms with E-state index in [-0.39, 0.29) is 13.0 Å². The van der Waals surface area contributed by atoms with Crippen LogP contribution in [0.15, 0.2) is 48.6 Å². The molecule has 11 heteroatoms. The highest BCUT2D eigenvalue weighted by Gasteiger charge is 2.47. The molecule has 0 spiro atoms. The van der Waals surface area contributed by atoms with E-state index in [1.807, 2.05) is 6.08 Å². The van der Waals surface area contributed by atoms with Crippen molar-refractivity contribution >= 4 is 11.9 Å². The Bertz CT molecular complexity index is 1450. The minimum Gasteiger partial charge on any atom is -0.454 e. The number of esters is 1. The highest BCUT2D eigenvalue weighted by atomic mass is 16.7. The molecule has 456 valence electrons. The topological polar surface area (TPSA) is 175 Å². The highest BCUT2D eigenvalue weighted by Crippen LogP contribution is 2.26. The molecule has 1 saturated heterocycles. The molecule has 6 N–H and O–H groups in total. The summed E-state index contributed by atoms with van der Waals surface area (Å²) in [4.78, 5) is 26.6. The predicted molar refractivity (Wildman–Crippen MR) is 324 cm³/mol. The molecule has 0 aliphatic carbocycles. The molecule has 8 unspecified atom stereocenters. The Morgan fingerprint density at radius 3 is 1.35 bits per heavy atom. The van der Waals surface area contributed by atoms with Gasteiger partial charge in [-0.25, -0.2) is 0 Å². The molecule has 0 aromatic carbocycles. The van der Waals surface area contributed by atoms with E-state index in [0.717, 1.165) is 70.6 Å². The number of amides is 1. The third-order valence-electron chi connectivity index (χ3n) is 15.5. The van der Waals surface area contributed by atoms with Gasteiger partial charge >= 0.3 is 5.97 Å². The Balaban J connectivity index is 2.56. The lowest BCUT2D eigenvalue weighted by atomic mass is 9.99. The number of unbranched alkanes of at least 4 members (excludes halogenated alkanes) is 36. The SMILES string of the molecule is CCCCC/C=C\C/C=C\C/C=C\CCCCCCCCCCCCCCC(=O)OC1C(OCC(NC(=O)C(O)CCCCCCCCCCCCCCC)C(O)/C=C/CCCCCCCCCCC)OC(CO)C(O)C1O. The lowest BCUT2D eigenvalue weighted by Gasteiger charge is -2.41. The molecule has 1 aliphatic rings. The number of ether oxygens (including phenoxy) is 3. The number of aliphatic hydroxyl groups is 5. The number of hydrogen-bond acceptors (Lipinski definition) is 10. The van der Waals surface area contributed by atoms with Crippen LogP contribution in [0.1, 0.15) is 303 Å². The summed E-state index contributed by atoms with van der Waals surface area (Å²) < 4.78 is 17.6. The fourth-order valence-electron chi connectivity index (χ4n) is 10.2. The third-order valence-corrected chi connectivity index (χ3v) is 15.5. The zero-order valence-corrected chi connectivity index (χ0v) is 50.5. The van der Waals surface area contributed by atoms with E-state index < -0.39 is 67.4 Å². The van der Waals surface area contributed by atoms with Crippen LogP contribution >= 0.6 is 0 Å². The number of nitrogens with one attached hydrogen (secondary N) is 1. The van der Waals surface area contributed by atoms with Gasteiger partial charge in [-0.3, -0.25) is 9.59 Å². The van der Waals surface area contributed by atoms with Crippen LogP contribution < -0.4 is 5.32 Å². The van der Waals surface area contributed by atoms with Gasteiger partial charge in [0.15, 0.2) is 12.4 Å². The van der Waals surface area contributed by atoms with Gasteiger partial charge < -0.3 is 45.1 Å². The quantitative estimate of drug-likeness (QED) is 0.0195. The van der Waals surface area contributed by atoms with E-state index in [1.165, 1.54) is 186 Å². The number of carbonyl (C=O) groups is 2. The Morgan fingerprint density at radius 1 is 0.500 bits per heavy atom. The molecule has 8 atom stereocenters. The Hall–Kier alpha value is -2.38. The van der Waals surface area contributed by atoms with Crippen LogP contribution in [-0.4, -0.2) is 99.6 Å². The number of rotatable bonds is 56. The van der Waals surface area contributed by atoms with E-state index in [0.29, 0.717) is 19.3 Å². The van der Waals surface area contributed by atoms with Crippen LogP contribution in [0.2, 0.25) is 0 Å². The zero-order valence-electron chi connectivity index (χ0n) is 50.5. The van der Waals surface area contributed by atoms with Crippen molar-refractivity contribution in [3.63, 3.8) is 0 Å². The van der Waals surface area contributed by atoms with E-state index in [9.17, 15) is 35.1 Å². The molecule has 0 aromatic heterocycles. The van der Waals surface area contributed by atoms with Gasteiger partial charge in [0, 0.05) is 6.42 Å². The normalized spacial score (nSPS) is 19.2. The minimum absolute atomic E-state index is 0.123. The van der Waals surface area contributed by atoms with Crippen molar-refractivity contribution in [2.75, 3.05) is 13.2 Å². The smallest absolute Gasteiger partial charge is 0.306 e. The largest absolute Gasteiger partial charge is 0.454 e. The third kappa shape index (κ3) is 42.5. The molecule has 0 radical (unpaired) electrons. The lowest BCUT2D eigenvalue weighted by Crippen LogP contribution is -2.61. The fraction of sp³-hybridized carbons (Fsp3) is 0.851. The van der Waals surface area contributed by atoms with Gasteiger partial charge in [0.25, 0.3) is 0 Å². The summed E-state index contributed by atoms with van der Waals surface area (Å²) in [5.74, 6) is -1.19. The summed E-state index contributed by atoms with van der Waals surface area (Å²) in [5, 5.41) is 57.0. The number of aliphatic hydroxyl groups excluding tert-OH is 5. The first-order valence-electron chi connectivity index (χ1n) is 32.9. The molecule has 1 amide bonds. The Kier molecular flexibility index (Phi) is 52.1. The first kappa shape index (κ1) is 73.6. The summed E-state index contributed by atoms with van der Waals surface area (Å²) in [6.45, 7) is 5.77. The minimum atomic E-state index is -1.61. The molecular formula is C67H123NO10. The fourth-order valence-corrected chi connectivity index (χ4v) is 10.2. The van der Waals surface area contributed by atoms with Crippen molar-refractivity contribution in [3.8, 4) is 0 Å². The number of allylic oxidation sites excluding steroid dienone is 7. The van der Waals surface area contributed by atoms with Gasteiger partial charge in [-0.1, -0.05) is 281 Å². The molecule has 1 fully saturated rings. The second-order valence-electron chi connectivity index (χ2n) is 22.9. The summed E-state index contributed by atoms with van der Waals surface area (Å²) in [6, 6.07) is -1.02. The second kappa shape index (κ2) is 55.2. The molecular weight excluding hydrogens is 979 g/mol. The second-order valence-corrected chi connectivity index (χ2v) is 22.9. The summed E-state index contributed by atoms with van der Waals surface area (Å²) in [6.07, 6.45) is 57.3. The monoisotopic (exact) mass is 1100 g/mol. The van der Waals surface area contributed by atoms with E-state index >= 15 is 0 Å². The highest BCUT2D eigenvalue weighted by molar-refractivity contribution is 5.80. The first-order chi connectivity index (χ1) is 38.2. The lowest BCUT2D eigenvalue weighted by molar-refractivity contribution is -0.305.